The van der Waals surface area contributed by atoms with E-state index in [1.54, 1.807) is 17.4 Å². The Bertz CT molecular complexity index is 660. The van der Waals surface area contributed by atoms with E-state index < -0.39 is 10.0 Å². The van der Waals surface area contributed by atoms with Crippen LogP contribution >= 0.6 is 22.7 Å². The lowest BCUT2D eigenvalue weighted by Gasteiger charge is -2.04. The average molecular weight is 345 g/mol. The molecule has 0 radical (unpaired) electrons. The second-order valence-corrected chi connectivity index (χ2v) is 8.82. The van der Waals surface area contributed by atoms with Crippen LogP contribution in [0.4, 0.5) is 0 Å². The fourth-order valence-electron chi connectivity index (χ4n) is 1.92. The standard InChI is InChI=1S/C14H20N2O2S3/c1-3-6-15-9-13-8-14(11(2)20-13)21(17,18)16-10-12-5-4-7-19-12/h4-5,7-8,15-16H,3,6,9-10H2,1-2H3. The third-order valence-electron chi connectivity index (χ3n) is 2.96. The maximum absolute atomic E-state index is 12.4. The van der Waals surface area contributed by atoms with Crippen molar-refractivity contribution < 1.29 is 8.42 Å². The lowest BCUT2D eigenvalue weighted by Crippen LogP contribution is -2.23. The molecule has 0 aromatic carbocycles. The van der Waals surface area contributed by atoms with Crippen molar-refractivity contribution in [3.8, 4) is 0 Å². The molecular formula is C14H20N2O2S3. The molecule has 0 spiro atoms. The third kappa shape index (κ3) is 4.62. The van der Waals surface area contributed by atoms with Gasteiger partial charge in [-0.05, 0) is 37.4 Å². The molecule has 0 fully saturated rings. The summed E-state index contributed by atoms with van der Waals surface area (Å²) in [5.74, 6) is 0. The molecule has 0 bridgehead atoms. The molecule has 0 amide bonds. The van der Waals surface area contributed by atoms with Crippen molar-refractivity contribution in [1.29, 1.82) is 0 Å². The first-order chi connectivity index (χ1) is 10.0. The molecule has 0 atom stereocenters. The van der Waals surface area contributed by atoms with E-state index in [4.69, 9.17) is 0 Å². The van der Waals surface area contributed by atoms with Crippen molar-refractivity contribution in [3.05, 3.63) is 38.2 Å². The van der Waals surface area contributed by atoms with E-state index in [1.807, 2.05) is 24.4 Å². The predicted octanol–water partition coefficient (Wildman–Crippen LogP) is 3.10. The Labute approximate surface area is 134 Å². The largest absolute Gasteiger partial charge is 0.312 e. The molecule has 2 aromatic rings. The fraction of sp³-hybridized carbons (Fsp3) is 0.429. The fourth-order valence-corrected chi connectivity index (χ4v) is 5.27. The van der Waals surface area contributed by atoms with Gasteiger partial charge in [-0.1, -0.05) is 13.0 Å². The Kier molecular flexibility index (Phi) is 5.95. The normalized spacial score (nSPS) is 11.9. The Balaban J connectivity index is 2.05. The second kappa shape index (κ2) is 7.51. The van der Waals surface area contributed by atoms with Crippen LogP contribution in [0.3, 0.4) is 0 Å². The molecule has 2 N–H and O–H groups in total. The molecule has 4 nitrogen and oxygen atoms in total. The molecule has 0 saturated carbocycles. The summed E-state index contributed by atoms with van der Waals surface area (Å²) in [5, 5.41) is 5.24. The molecule has 0 unspecified atom stereocenters. The molecule has 0 aliphatic carbocycles. The summed E-state index contributed by atoms with van der Waals surface area (Å²) in [4.78, 5) is 3.30. The van der Waals surface area contributed by atoms with Gasteiger partial charge in [0.05, 0.1) is 4.90 Å². The highest BCUT2D eigenvalue weighted by Gasteiger charge is 2.19. The van der Waals surface area contributed by atoms with Gasteiger partial charge in [0.1, 0.15) is 0 Å². The Morgan fingerprint density at radius 3 is 2.71 bits per heavy atom. The van der Waals surface area contributed by atoms with Gasteiger partial charge in [-0.3, -0.25) is 0 Å². The predicted molar refractivity (Wildman–Crippen MR) is 89.4 cm³/mol. The summed E-state index contributed by atoms with van der Waals surface area (Å²) >= 11 is 3.08. The minimum atomic E-state index is -3.44. The van der Waals surface area contributed by atoms with Crippen LogP contribution in [0.2, 0.25) is 0 Å². The summed E-state index contributed by atoms with van der Waals surface area (Å²) in [6, 6.07) is 5.62. The minimum Gasteiger partial charge on any atom is -0.312 e. The number of sulfonamides is 1. The molecule has 0 aliphatic heterocycles. The number of aryl methyl sites for hydroxylation is 1. The molecule has 7 heteroatoms. The van der Waals surface area contributed by atoms with E-state index in [0.29, 0.717) is 11.4 Å². The van der Waals surface area contributed by atoms with Crippen molar-refractivity contribution in [2.24, 2.45) is 0 Å². The minimum absolute atomic E-state index is 0.346. The van der Waals surface area contributed by atoms with Crippen LogP contribution in [-0.2, 0) is 23.1 Å². The van der Waals surface area contributed by atoms with E-state index in [2.05, 4.69) is 17.0 Å². The van der Waals surface area contributed by atoms with E-state index in [9.17, 15) is 8.42 Å². The summed E-state index contributed by atoms with van der Waals surface area (Å²) in [7, 11) is -3.44. The monoisotopic (exact) mass is 344 g/mol. The number of thiophene rings is 2. The Morgan fingerprint density at radius 2 is 2.05 bits per heavy atom. The summed E-state index contributed by atoms with van der Waals surface area (Å²) in [5.41, 5.74) is 0. The first-order valence-electron chi connectivity index (χ1n) is 6.85. The van der Waals surface area contributed by atoms with Crippen LogP contribution in [0.25, 0.3) is 0 Å². The van der Waals surface area contributed by atoms with Crippen molar-refractivity contribution in [3.63, 3.8) is 0 Å². The van der Waals surface area contributed by atoms with Crippen molar-refractivity contribution >= 4 is 32.7 Å². The highest BCUT2D eigenvalue weighted by Crippen LogP contribution is 2.26. The molecular weight excluding hydrogens is 324 g/mol. The van der Waals surface area contributed by atoms with Crippen LogP contribution < -0.4 is 10.0 Å². The van der Waals surface area contributed by atoms with Crippen molar-refractivity contribution in [2.45, 2.75) is 38.3 Å². The summed E-state index contributed by atoms with van der Waals surface area (Å²) < 4.78 is 27.4. The van der Waals surface area contributed by atoms with Crippen molar-refractivity contribution in [2.75, 3.05) is 6.54 Å². The van der Waals surface area contributed by atoms with Gasteiger partial charge >= 0.3 is 0 Å². The topological polar surface area (TPSA) is 58.2 Å². The van der Waals surface area contributed by atoms with Crippen LogP contribution in [-0.4, -0.2) is 15.0 Å². The smallest absolute Gasteiger partial charge is 0.242 e. The van der Waals surface area contributed by atoms with Crippen LogP contribution in [0.5, 0.6) is 0 Å². The highest BCUT2D eigenvalue weighted by molar-refractivity contribution is 7.89. The zero-order valence-corrected chi connectivity index (χ0v) is 14.6. The lowest BCUT2D eigenvalue weighted by molar-refractivity contribution is 0.581. The van der Waals surface area contributed by atoms with E-state index in [-0.39, 0.29) is 0 Å². The van der Waals surface area contributed by atoms with Gasteiger partial charge in [0.2, 0.25) is 10.0 Å². The van der Waals surface area contributed by atoms with Crippen LogP contribution in [0.15, 0.2) is 28.5 Å². The number of rotatable bonds is 8. The maximum atomic E-state index is 12.4. The van der Waals surface area contributed by atoms with Gasteiger partial charge in [0.25, 0.3) is 0 Å². The Morgan fingerprint density at radius 1 is 1.24 bits per heavy atom. The zero-order valence-electron chi connectivity index (χ0n) is 12.2. The zero-order chi connectivity index (χ0) is 15.3. The molecule has 0 saturated heterocycles. The van der Waals surface area contributed by atoms with E-state index in [0.717, 1.165) is 34.1 Å². The first-order valence-corrected chi connectivity index (χ1v) is 10.0. The SMILES string of the molecule is CCCNCc1cc(S(=O)(=O)NCc2cccs2)c(C)s1. The van der Waals surface area contributed by atoms with Gasteiger partial charge in [-0.2, -0.15) is 0 Å². The molecule has 21 heavy (non-hydrogen) atoms. The molecule has 2 rings (SSSR count). The quantitative estimate of drug-likeness (QED) is 0.724. The van der Waals surface area contributed by atoms with Gasteiger partial charge in [0, 0.05) is 27.7 Å². The molecule has 0 aliphatic rings. The number of hydrogen-bond donors (Lipinski definition) is 2. The Hall–Kier alpha value is -0.730. The lowest BCUT2D eigenvalue weighted by atomic mass is 10.4. The van der Waals surface area contributed by atoms with Crippen molar-refractivity contribution in [1.82, 2.24) is 10.0 Å². The molecule has 2 aromatic heterocycles. The third-order valence-corrected chi connectivity index (χ3v) is 6.54. The molecule has 116 valence electrons. The van der Waals surface area contributed by atoms with Gasteiger partial charge < -0.3 is 5.32 Å². The first kappa shape index (κ1) is 16.6. The second-order valence-electron chi connectivity index (χ2n) is 4.71. The van der Waals surface area contributed by atoms with E-state index >= 15 is 0 Å². The average Bonchev–Trinajstić information content (AvgIpc) is 3.07. The number of nitrogens with one attached hydrogen (secondary N) is 2. The van der Waals surface area contributed by atoms with Gasteiger partial charge in [-0.25, -0.2) is 13.1 Å². The molecule has 2 heterocycles. The van der Waals surface area contributed by atoms with Gasteiger partial charge in [-0.15, -0.1) is 22.7 Å². The maximum Gasteiger partial charge on any atom is 0.242 e. The summed E-state index contributed by atoms with van der Waals surface area (Å²) in [6.45, 7) is 5.97. The van der Waals surface area contributed by atoms with Crippen LogP contribution in [0, 0.1) is 6.92 Å². The highest BCUT2D eigenvalue weighted by atomic mass is 32.2. The van der Waals surface area contributed by atoms with Gasteiger partial charge in [0.15, 0.2) is 0 Å². The van der Waals surface area contributed by atoms with E-state index in [1.165, 1.54) is 11.3 Å². The number of hydrogen-bond acceptors (Lipinski definition) is 5. The van der Waals surface area contributed by atoms with Crippen LogP contribution in [0.1, 0.15) is 28.0 Å². The summed E-state index contributed by atoms with van der Waals surface area (Å²) in [6.07, 6.45) is 1.07.